The highest BCUT2D eigenvalue weighted by molar-refractivity contribution is 5.86. The van der Waals surface area contributed by atoms with Crippen molar-refractivity contribution in [1.29, 1.82) is 0 Å². The molecule has 3 aromatic heterocycles. The van der Waals surface area contributed by atoms with Gasteiger partial charge in [0.25, 0.3) is 0 Å². The summed E-state index contributed by atoms with van der Waals surface area (Å²) in [6.07, 6.45) is 8.14. The van der Waals surface area contributed by atoms with Gasteiger partial charge in [-0.25, -0.2) is 19.6 Å². The molecule has 2 N–H and O–H groups in total. The maximum absolute atomic E-state index is 10.5. The Hall–Kier alpha value is -2.48. The predicted octanol–water partition coefficient (Wildman–Crippen LogP) is 2.25. The number of imidazole rings is 1. The van der Waals surface area contributed by atoms with Crippen LogP contribution in [0.3, 0.4) is 0 Å². The van der Waals surface area contributed by atoms with Crippen LogP contribution in [0.4, 0.5) is 5.82 Å². The molecule has 8 heteroatoms. The molecule has 4 rings (SSSR count). The molecule has 1 aliphatic rings. The van der Waals surface area contributed by atoms with Gasteiger partial charge in [-0.3, -0.25) is 0 Å². The zero-order valence-electron chi connectivity index (χ0n) is 15.4. The van der Waals surface area contributed by atoms with E-state index in [-0.39, 0.29) is 11.5 Å². The second-order valence-corrected chi connectivity index (χ2v) is 7.91. The first-order valence-electron chi connectivity index (χ1n) is 9.06. The Morgan fingerprint density at radius 2 is 1.96 bits per heavy atom. The van der Waals surface area contributed by atoms with Crippen molar-refractivity contribution in [3.63, 3.8) is 0 Å². The minimum absolute atomic E-state index is 0.131. The summed E-state index contributed by atoms with van der Waals surface area (Å²) in [5.41, 5.74) is 0.730. The van der Waals surface area contributed by atoms with E-state index >= 15 is 0 Å². The van der Waals surface area contributed by atoms with Crippen molar-refractivity contribution in [2.45, 2.75) is 45.3 Å². The zero-order valence-corrected chi connectivity index (χ0v) is 15.4. The van der Waals surface area contributed by atoms with Crippen LogP contribution < -0.4 is 4.90 Å². The number of anilines is 1. The van der Waals surface area contributed by atoms with Gasteiger partial charge in [0.1, 0.15) is 24.1 Å². The van der Waals surface area contributed by atoms with Crippen LogP contribution in [0.25, 0.3) is 11.0 Å². The molecule has 0 saturated carbocycles. The van der Waals surface area contributed by atoms with Crippen molar-refractivity contribution in [2.24, 2.45) is 5.92 Å². The van der Waals surface area contributed by atoms with Crippen LogP contribution in [0.2, 0.25) is 0 Å². The Labute approximate surface area is 152 Å². The van der Waals surface area contributed by atoms with Crippen molar-refractivity contribution in [2.75, 3.05) is 18.0 Å². The number of hydrogen-bond donors (Lipinski definition) is 2. The average Bonchev–Trinajstić information content (AvgIpc) is 3.30. The molecule has 26 heavy (non-hydrogen) atoms. The number of rotatable bonds is 3. The van der Waals surface area contributed by atoms with Gasteiger partial charge in [0.15, 0.2) is 5.65 Å². The molecule has 0 radical (unpaired) electrons. The number of hydrogen-bond acceptors (Lipinski definition) is 6. The van der Waals surface area contributed by atoms with Crippen molar-refractivity contribution in [3.05, 3.63) is 30.7 Å². The molecule has 0 aromatic carbocycles. The maximum Gasteiger partial charge on any atom is 0.163 e. The minimum atomic E-state index is -0.541. The third-order valence-electron chi connectivity index (χ3n) is 5.07. The van der Waals surface area contributed by atoms with E-state index in [0.717, 1.165) is 42.8 Å². The third-order valence-corrected chi connectivity index (χ3v) is 5.07. The Morgan fingerprint density at radius 1 is 1.19 bits per heavy atom. The van der Waals surface area contributed by atoms with Crippen LogP contribution in [-0.2, 0) is 5.54 Å². The molecule has 138 valence electrons. The minimum Gasteiger partial charge on any atom is -0.385 e. The first-order valence-corrected chi connectivity index (χ1v) is 9.06. The summed E-state index contributed by atoms with van der Waals surface area (Å²) in [6.45, 7) is 8.03. The van der Waals surface area contributed by atoms with Crippen LogP contribution in [0.15, 0.2) is 24.9 Å². The van der Waals surface area contributed by atoms with Crippen molar-refractivity contribution in [1.82, 2.24) is 29.7 Å². The average molecular weight is 355 g/mol. The number of nitrogens with zero attached hydrogens (tertiary/aromatic N) is 6. The van der Waals surface area contributed by atoms with Crippen LogP contribution in [0, 0.1) is 5.92 Å². The van der Waals surface area contributed by atoms with E-state index in [4.69, 9.17) is 0 Å². The Kier molecular flexibility index (Phi) is 4.14. The zero-order chi connectivity index (χ0) is 18.3. The van der Waals surface area contributed by atoms with Crippen LogP contribution in [0.5, 0.6) is 0 Å². The highest BCUT2D eigenvalue weighted by atomic mass is 16.3. The standard InChI is InChI=1S/C18H25N7O/c1-18(2,3)25-17-13(10-23-25)16(21-11-22-17)24-8-4-12(5-9-24)14(26)15-19-6-7-20-15/h6-7,10-12,14,26H,4-5,8-9H2,1-3H3,(H,19,20). The highest BCUT2D eigenvalue weighted by Crippen LogP contribution is 2.33. The van der Waals surface area contributed by atoms with Crippen LogP contribution in [-0.4, -0.2) is 47.9 Å². The van der Waals surface area contributed by atoms with Gasteiger partial charge in [-0.15, -0.1) is 0 Å². The summed E-state index contributed by atoms with van der Waals surface area (Å²) in [6, 6.07) is 0. The number of fused-ring (bicyclic) bond motifs is 1. The molecule has 0 aliphatic carbocycles. The van der Waals surface area contributed by atoms with E-state index in [2.05, 4.69) is 50.7 Å². The molecule has 1 aliphatic heterocycles. The number of aliphatic hydroxyl groups excluding tert-OH is 1. The summed E-state index contributed by atoms with van der Waals surface area (Å²) in [7, 11) is 0. The topological polar surface area (TPSA) is 95.8 Å². The molecule has 0 bridgehead atoms. The van der Waals surface area contributed by atoms with Gasteiger partial charge in [0, 0.05) is 25.5 Å². The molecule has 8 nitrogen and oxygen atoms in total. The Bertz CT molecular complexity index is 873. The Morgan fingerprint density at radius 3 is 2.62 bits per heavy atom. The fraction of sp³-hybridized carbons (Fsp3) is 0.556. The molecule has 0 spiro atoms. The summed E-state index contributed by atoms with van der Waals surface area (Å²) in [4.78, 5) is 18.4. The smallest absolute Gasteiger partial charge is 0.163 e. The number of aliphatic hydroxyl groups is 1. The van der Waals surface area contributed by atoms with Gasteiger partial charge in [-0.05, 0) is 39.5 Å². The lowest BCUT2D eigenvalue weighted by Crippen LogP contribution is -2.36. The second-order valence-electron chi connectivity index (χ2n) is 7.91. The molecule has 1 fully saturated rings. The first kappa shape index (κ1) is 17.0. The van der Waals surface area contributed by atoms with E-state index < -0.39 is 6.10 Å². The van der Waals surface area contributed by atoms with Crippen molar-refractivity contribution < 1.29 is 5.11 Å². The quantitative estimate of drug-likeness (QED) is 0.748. The largest absolute Gasteiger partial charge is 0.385 e. The van der Waals surface area contributed by atoms with E-state index in [0.29, 0.717) is 5.82 Å². The number of aromatic nitrogens is 6. The lowest BCUT2D eigenvalue weighted by molar-refractivity contribution is 0.0856. The van der Waals surface area contributed by atoms with Gasteiger partial charge in [-0.2, -0.15) is 5.10 Å². The summed E-state index contributed by atoms with van der Waals surface area (Å²) in [5, 5.41) is 16.0. The number of H-pyrrole nitrogens is 1. The van der Waals surface area contributed by atoms with Gasteiger partial charge in [0.05, 0.1) is 17.1 Å². The second kappa shape index (κ2) is 6.35. The summed E-state index contributed by atoms with van der Waals surface area (Å²) in [5.74, 6) is 1.78. The van der Waals surface area contributed by atoms with Gasteiger partial charge in [0.2, 0.25) is 0 Å². The molecular formula is C18H25N7O. The number of piperidine rings is 1. The third kappa shape index (κ3) is 2.94. The Balaban J connectivity index is 1.54. The summed E-state index contributed by atoms with van der Waals surface area (Å²) < 4.78 is 1.95. The predicted molar refractivity (Wildman–Crippen MR) is 98.8 cm³/mol. The lowest BCUT2D eigenvalue weighted by Gasteiger charge is -2.34. The molecule has 3 aromatic rings. The fourth-order valence-corrected chi connectivity index (χ4v) is 3.66. The van der Waals surface area contributed by atoms with E-state index in [9.17, 15) is 5.11 Å². The highest BCUT2D eigenvalue weighted by Gasteiger charge is 2.29. The monoisotopic (exact) mass is 355 g/mol. The fourth-order valence-electron chi connectivity index (χ4n) is 3.66. The molecular weight excluding hydrogens is 330 g/mol. The summed E-state index contributed by atoms with van der Waals surface area (Å²) >= 11 is 0. The normalized spacial score (nSPS) is 17.8. The number of aromatic amines is 1. The van der Waals surface area contributed by atoms with E-state index in [1.165, 1.54) is 0 Å². The van der Waals surface area contributed by atoms with Gasteiger partial charge < -0.3 is 15.0 Å². The van der Waals surface area contributed by atoms with Crippen molar-refractivity contribution >= 4 is 16.9 Å². The van der Waals surface area contributed by atoms with Crippen molar-refractivity contribution in [3.8, 4) is 0 Å². The van der Waals surface area contributed by atoms with Crippen LogP contribution >= 0.6 is 0 Å². The molecule has 1 saturated heterocycles. The molecule has 1 unspecified atom stereocenters. The maximum atomic E-state index is 10.5. The van der Waals surface area contributed by atoms with E-state index in [1.807, 2.05) is 10.9 Å². The SMILES string of the molecule is CC(C)(C)n1ncc2c(N3CCC(C(O)c4ncc[nH]4)CC3)ncnc21. The molecule has 1 atom stereocenters. The molecule has 0 amide bonds. The first-order chi connectivity index (χ1) is 12.4. The van der Waals surface area contributed by atoms with Crippen LogP contribution in [0.1, 0.15) is 45.5 Å². The van der Waals surface area contributed by atoms with Gasteiger partial charge >= 0.3 is 0 Å². The lowest BCUT2D eigenvalue weighted by atomic mass is 9.91. The van der Waals surface area contributed by atoms with E-state index in [1.54, 1.807) is 18.7 Å². The number of nitrogens with one attached hydrogen (secondary N) is 1. The van der Waals surface area contributed by atoms with Gasteiger partial charge in [-0.1, -0.05) is 0 Å². The molecule has 4 heterocycles.